The van der Waals surface area contributed by atoms with Crippen molar-refractivity contribution in [2.45, 2.75) is 18.8 Å². The molecule has 94 valence electrons. The Kier molecular flexibility index (Phi) is 3.13. The molecule has 1 aromatic heterocycles. The summed E-state index contributed by atoms with van der Waals surface area (Å²) in [4.78, 5) is 25.2. The number of H-pyrrole nitrogens is 1. The first-order valence-corrected chi connectivity index (χ1v) is 5.81. The van der Waals surface area contributed by atoms with Crippen LogP contribution in [0.3, 0.4) is 0 Å². The summed E-state index contributed by atoms with van der Waals surface area (Å²) < 4.78 is 0. The highest BCUT2D eigenvalue weighted by atomic mass is 35.5. The van der Waals surface area contributed by atoms with E-state index in [0.29, 0.717) is 16.9 Å². The Morgan fingerprint density at radius 2 is 2.28 bits per heavy atom. The van der Waals surface area contributed by atoms with Crippen LogP contribution >= 0.6 is 11.6 Å². The maximum absolute atomic E-state index is 11.4. The van der Waals surface area contributed by atoms with Gasteiger partial charge >= 0.3 is 5.97 Å². The zero-order valence-electron chi connectivity index (χ0n) is 9.74. The SMILES string of the molecule is CC(CC=O)(C(=O)O)c1c[nH]c2ccc(Cl)cc12. The summed E-state index contributed by atoms with van der Waals surface area (Å²) in [6.07, 6.45) is 2.16. The van der Waals surface area contributed by atoms with Crippen LogP contribution in [0.25, 0.3) is 10.9 Å². The molecule has 2 N–H and O–H groups in total. The molecule has 4 nitrogen and oxygen atoms in total. The van der Waals surface area contributed by atoms with Crippen molar-refractivity contribution in [3.63, 3.8) is 0 Å². The van der Waals surface area contributed by atoms with Gasteiger partial charge in [0.25, 0.3) is 0 Å². The van der Waals surface area contributed by atoms with Crippen LogP contribution in [0.15, 0.2) is 24.4 Å². The fourth-order valence-corrected chi connectivity index (χ4v) is 2.20. The molecular formula is C13H12ClNO3. The molecule has 1 unspecified atom stereocenters. The molecule has 1 heterocycles. The lowest BCUT2D eigenvalue weighted by Gasteiger charge is -2.21. The number of carbonyl (C=O) groups excluding carboxylic acids is 1. The summed E-state index contributed by atoms with van der Waals surface area (Å²) >= 11 is 5.92. The normalized spacial score (nSPS) is 14.3. The number of nitrogens with one attached hydrogen (secondary N) is 1. The molecule has 0 radical (unpaired) electrons. The summed E-state index contributed by atoms with van der Waals surface area (Å²) in [5.41, 5.74) is 0.123. The number of aromatic amines is 1. The molecular weight excluding hydrogens is 254 g/mol. The summed E-state index contributed by atoms with van der Waals surface area (Å²) in [5.74, 6) is -1.03. The Labute approximate surface area is 109 Å². The Morgan fingerprint density at radius 3 is 2.89 bits per heavy atom. The monoisotopic (exact) mass is 265 g/mol. The first kappa shape index (κ1) is 12.6. The number of fused-ring (bicyclic) bond motifs is 1. The van der Waals surface area contributed by atoms with Crippen LogP contribution in [-0.4, -0.2) is 22.3 Å². The lowest BCUT2D eigenvalue weighted by atomic mass is 9.80. The topological polar surface area (TPSA) is 70.2 Å². The second kappa shape index (κ2) is 4.46. The number of hydrogen-bond donors (Lipinski definition) is 2. The highest BCUT2D eigenvalue weighted by Crippen LogP contribution is 2.34. The van der Waals surface area contributed by atoms with Crippen molar-refractivity contribution in [2.75, 3.05) is 0 Å². The lowest BCUT2D eigenvalue weighted by Crippen LogP contribution is -2.32. The second-order valence-electron chi connectivity index (χ2n) is 4.40. The van der Waals surface area contributed by atoms with Gasteiger partial charge in [0, 0.05) is 28.5 Å². The highest BCUT2D eigenvalue weighted by molar-refractivity contribution is 6.31. The minimum atomic E-state index is -1.25. The Balaban J connectivity index is 2.68. The van der Waals surface area contributed by atoms with Gasteiger partial charge in [-0.25, -0.2) is 0 Å². The molecule has 0 amide bonds. The van der Waals surface area contributed by atoms with Crippen molar-refractivity contribution in [3.05, 3.63) is 35.0 Å². The number of halogens is 1. The van der Waals surface area contributed by atoms with E-state index in [-0.39, 0.29) is 6.42 Å². The molecule has 1 aromatic carbocycles. The molecule has 0 aliphatic rings. The number of carbonyl (C=O) groups is 2. The minimum absolute atomic E-state index is 0.0815. The molecule has 1 atom stereocenters. The quantitative estimate of drug-likeness (QED) is 0.835. The predicted molar refractivity (Wildman–Crippen MR) is 69.0 cm³/mol. The number of aldehydes is 1. The third-order valence-corrected chi connectivity index (χ3v) is 3.44. The van der Waals surface area contributed by atoms with E-state index in [2.05, 4.69) is 4.98 Å². The summed E-state index contributed by atoms with van der Waals surface area (Å²) in [6.45, 7) is 1.53. The van der Waals surface area contributed by atoms with E-state index in [1.54, 1.807) is 24.4 Å². The first-order valence-electron chi connectivity index (χ1n) is 5.43. The maximum atomic E-state index is 11.4. The van der Waals surface area contributed by atoms with Gasteiger partial charge in [0.15, 0.2) is 0 Å². The Hall–Kier alpha value is -1.81. The van der Waals surface area contributed by atoms with Crippen molar-refractivity contribution in [1.82, 2.24) is 4.98 Å². The van der Waals surface area contributed by atoms with Crippen LogP contribution in [0.5, 0.6) is 0 Å². The average Bonchev–Trinajstić information content (AvgIpc) is 2.72. The van der Waals surface area contributed by atoms with Gasteiger partial charge in [-0.3, -0.25) is 4.79 Å². The summed E-state index contributed by atoms with van der Waals surface area (Å²) in [5, 5.41) is 10.6. The van der Waals surface area contributed by atoms with Crippen LogP contribution in [0.2, 0.25) is 5.02 Å². The van der Waals surface area contributed by atoms with E-state index >= 15 is 0 Å². The molecule has 0 spiro atoms. The molecule has 5 heteroatoms. The molecule has 0 fully saturated rings. The van der Waals surface area contributed by atoms with Gasteiger partial charge in [-0.05, 0) is 30.7 Å². The molecule has 2 aromatic rings. The second-order valence-corrected chi connectivity index (χ2v) is 4.84. The van der Waals surface area contributed by atoms with E-state index in [9.17, 15) is 14.7 Å². The molecule has 2 rings (SSSR count). The lowest BCUT2D eigenvalue weighted by molar-refractivity contribution is -0.144. The van der Waals surface area contributed by atoms with Gasteiger partial charge in [0.05, 0.1) is 5.41 Å². The van der Waals surface area contributed by atoms with E-state index in [1.165, 1.54) is 6.92 Å². The first-order chi connectivity index (χ1) is 8.49. The highest BCUT2D eigenvalue weighted by Gasteiger charge is 2.36. The van der Waals surface area contributed by atoms with Gasteiger partial charge in [-0.2, -0.15) is 0 Å². The molecule has 0 bridgehead atoms. The van der Waals surface area contributed by atoms with Gasteiger partial charge in [-0.15, -0.1) is 0 Å². The van der Waals surface area contributed by atoms with Crippen molar-refractivity contribution in [1.29, 1.82) is 0 Å². The zero-order valence-corrected chi connectivity index (χ0v) is 10.5. The molecule has 0 aliphatic heterocycles. The molecule has 18 heavy (non-hydrogen) atoms. The molecule has 0 saturated carbocycles. The zero-order chi connectivity index (χ0) is 13.3. The number of hydrogen-bond acceptors (Lipinski definition) is 2. The largest absolute Gasteiger partial charge is 0.481 e. The van der Waals surface area contributed by atoms with Gasteiger partial charge in [0.1, 0.15) is 6.29 Å². The Morgan fingerprint density at radius 1 is 1.56 bits per heavy atom. The fraction of sp³-hybridized carbons (Fsp3) is 0.231. The smallest absolute Gasteiger partial charge is 0.314 e. The predicted octanol–water partition coefficient (Wildman–Crippen LogP) is 2.75. The van der Waals surface area contributed by atoms with Crippen molar-refractivity contribution < 1.29 is 14.7 Å². The van der Waals surface area contributed by atoms with E-state index in [0.717, 1.165) is 10.9 Å². The van der Waals surface area contributed by atoms with E-state index in [4.69, 9.17) is 11.6 Å². The van der Waals surface area contributed by atoms with E-state index < -0.39 is 11.4 Å². The van der Waals surface area contributed by atoms with Crippen molar-refractivity contribution in [2.24, 2.45) is 0 Å². The third kappa shape index (κ3) is 1.88. The number of benzene rings is 1. The van der Waals surface area contributed by atoms with Crippen LogP contribution in [-0.2, 0) is 15.0 Å². The molecule has 0 aliphatic carbocycles. The number of aromatic nitrogens is 1. The van der Waals surface area contributed by atoms with Crippen LogP contribution in [0, 0.1) is 0 Å². The number of rotatable bonds is 4. The number of carboxylic acid groups (broad SMARTS) is 1. The number of aliphatic carboxylic acids is 1. The van der Waals surface area contributed by atoms with Gasteiger partial charge in [0.2, 0.25) is 0 Å². The van der Waals surface area contributed by atoms with Gasteiger partial charge in [-0.1, -0.05) is 11.6 Å². The van der Waals surface area contributed by atoms with E-state index in [1.807, 2.05) is 0 Å². The summed E-state index contributed by atoms with van der Waals surface area (Å²) in [7, 11) is 0. The van der Waals surface area contributed by atoms with Crippen LogP contribution in [0.4, 0.5) is 0 Å². The van der Waals surface area contributed by atoms with Crippen molar-refractivity contribution >= 4 is 34.8 Å². The fourth-order valence-electron chi connectivity index (χ4n) is 2.03. The third-order valence-electron chi connectivity index (χ3n) is 3.20. The average molecular weight is 266 g/mol. The van der Waals surface area contributed by atoms with Crippen LogP contribution < -0.4 is 0 Å². The molecule has 0 saturated heterocycles. The maximum Gasteiger partial charge on any atom is 0.314 e. The summed E-state index contributed by atoms with van der Waals surface area (Å²) in [6, 6.07) is 5.21. The van der Waals surface area contributed by atoms with Crippen molar-refractivity contribution in [3.8, 4) is 0 Å². The Bertz CT molecular complexity index is 620. The minimum Gasteiger partial charge on any atom is -0.481 e. The van der Waals surface area contributed by atoms with Crippen LogP contribution in [0.1, 0.15) is 18.9 Å². The standard InChI is InChI=1S/C13H12ClNO3/c1-13(4-5-16,12(17)18)10-7-15-11-3-2-8(14)6-9(10)11/h2-3,5-7,15H,4H2,1H3,(H,17,18). The number of carboxylic acids is 1. The van der Waals surface area contributed by atoms with Gasteiger partial charge < -0.3 is 14.9 Å².